The van der Waals surface area contributed by atoms with Crippen LogP contribution in [-0.4, -0.2) is 28.5 Å². The summed E-state index contributed by atoms with van der Waals surface area (Å²) in [6.45, 7) is 7.13. The molecule has 1 aromatic heterocycles. The van der Waals surface area contributed by atoms with Crippen LogP contribution < -0.4 is 10.9 Å². The Bertz CT molecular complexity index is 554. The van der Waals surface area contributed by atoms with Gasteiger partial charge in [-0.2, -0.15) is 5.10 Å². The average molecular weight is 314 g/mol. The number of hydrogen-bond donors (Lipinski definition) is 1. The molecule has 0 saturated heterocycles. The summed E-state index contributed by atoms with van der Waals surface area (Å²) in [4.78, 5) is 11.8. The molecule has 1 saturated carbocycles. The van der Waals surface area contributed by atoms with Crippen LogP contribution in [0.3, 0.4) is 0 Å². The molecular formula is C15H24ClN3O2. The Balaban J connectivity index is 2.21. The lowest BCUT2D eigenvalue weighted by Gasteiger charge is -2.55. The summed E-state index contributed by atoms with van der Waals surface area (Å²) in [7, 11) is 1.59. The molecule has 1 aliphatic carbocycles. The van der Waals surface area contributed by atoms with Crippen molar-refractivity contribution in [2.24, 2.45) is 12.5 Å². The maximum absolute atomic E-state index is 11.8. The number of ether oxygens (including phenoxy) is 1. The summed E-state index contributed by atoms with van der Waals surface area (Å²) in [5.74, 6) is 0. The third-order valence-electron chi connectivity index (χ3n) is 4.88. The van der Waals surface area contributed by atoms with E-state index in [0.29, 0.717) is 5.69 Å². The second-order valence-corrected chi connectivity index (χ2v) is 6.00. The highest BCUT2D eigenvalue weighted by Crippen LogP contribution is 2.50. The Morgan fingerprint density at radius 3 is 2.71 bits per heavy atom. The van der Waals surface area contributed by atoms with E-state index in [-0.39, 0.29) is 28.1 Å². The highest BCUT2D eigenvalue weighted by atomic mass is 35.5. The van der Waals surface area contributed by atoms with E-state index >= 15 is 0 Å². The van der Waals surface area contributed by atoms with E-state index in [0.717, 1.165) is 25.9 Å². The standard InChI is InChI=1S/C15H24ClN3O2/c1-5-15(6-2)11(8-12(15)21-7-3)18-10-9-17-19(4)14(20)13(10)16/h9,11-12,18H,5-8H2,1-4H3/t11-,12-/m0/s1. The Hall–Kier alpha value is -1.07. The molecule has 1 aromatic rings. The van der Waals surface area contributed by atoms with Crippen LogP contribution >= 0.6 is 11.6 Å². The molecule has 1 N–H and O–H groups in total. The molecule has 1 heterocycles. The second-order valence-electron chi connectivity index (χ2n) is 5.62. The molecule has 0 aromatic carbocycles. The maximum atomic E-state index is 11.8. The summed E-state index contributed by atoms with van der Waals surface area (Å²) in [5.41, 5.74) is 0.437. The van der Waals surface area contributed by atoms with Crippen molar-refractivity contribution in [1.29, 1.82) is 0 Å². The first-order chi connectivity index (χ1) is 10.00. The Morgan fingerprint density at radius 1 is 1.48 bits per heavy atom. The highest BCUT2D eigenvalue weighted by molar-refractivity contribution is 6.32. The Morgan fingerprint density at radius 2 is 2.14 bits per heavy atom. The van der Waals surface area contributed by atoms with Crippen molar-refractivity contribution < 1.29 is 4.74 Å². The summed E-state index contributed by atoms with van der Waals surface area (Å²) in [5, 5.41) is 7.64. The van der Waals surface area contributed by atoms with E-state index in [4.69, 9.17) is 16.3 Å². The molecule has 5 nitrogen and oxygen atoms in total. The van der Waals surface area contributed by atoms with Gasteiger partial charge in [0.15, 0.2) is 0 Å². The molecule has 0 radical (unpaired) electrons. The summed E-state index contributed by atoms with van der Waals surface area (Å²) >= 11 is 6.13. The summed E-state index contributed by atoms with van der Waals surface area (Å²) in [6.07, 6.45) is 4.88. The van der Waals surface area contributed by atoms with E-state index in [9.17, 15) is 4.79 Å². The zero-order valence-corrected chi connectivity index (χ0v) is 13.9. The summed E-state index contributed by atoms with van der Waals surface area (Å²) < 4.78 is 7.10. The minimum atomic E-state index is -0.277. The highest BCUT2D eigenvalue weighted by Gasteiger charge is 2.53. The largest absolute Gasteiger partial charge is 0.379 e. The molecule has 118 valence electrons. The second kappa shape index (κ2) is 6.36. The molecule has 6 heteroatoms. The monoisotopic (exact) mass is 313 g/mol. The van der Waals surface area contributed by atoms with Crippen molar-refractivity contribution in [2.75, 3.05) is 11.9 Å². The van der Waals surface area contributed by atoms with E-state index in [1.807, 2.05) is 6.92 Å². The first-order valence-electron chi connectivity index (χ1n) is 7.60. The molecule has 2 atom stereocenters. The molecule has 1 fully saturated rings. The Kier molecular flexibility index (Phi) is 4.94. The quantitative estimate of drug-likeness (QED) is 0.877. The van der Waals surface area contributed by atoms with Gasteiger partial charge in [0, 0.05) is 25.1 Å². The van der Waals surface area contributed by atoms with Gasteiger partial charge in [-0.3, -0.25) is 4.79 Å². The van der Waals surface area contributed by atoms with Crippen LogP contribution in [-0.2, 0) is 11.8 Å². The van der Waals surface area contributed by atoms with E-state index < -0.39 is 0 Å². The molecule has 1 aliphatic rings. The van der Waals surface area contributed by atoms with Crippen LogP contribution in [0.1, 0.15) is 40.0 Å². The van der Waals surface area contributed by atoms with Gasteiger partial charge >= 0.3 is 0 Å². The van der Waals surface area contributed by atoms with Crippen LogP contribution in [0, 0.1) is 5.41 Å². The van der Waals surface area contributed by atoms with E-state index in [2.05, 4.69) is 24.3 Å². The van der Waals surface area contributed by atoms with Gasteiger partial charge in [-0.05, 0) is 26.2 Å². The SMILES string of the molecule is CCO[C@H]1C[C@H](Nc2cnn(C)c(=O)c2Cl)C1(CC)CC. The molecule has 21 heavy (non-hydrogen) atoms. The van der Waals surface area contributed by atoms with Gasteiger partial charge in [-0.25, -0.2) is 4.68 Å². The van der Waals surface area contributed by atoms with Crippen LogP contribution in [0.25, 0.3) is 0 Å². The number of rotatable bonds is 6. The smallest absolute Gasteiger partial charge is 0.287 e. The third-order valence-corrected chi connectivity index (χ3v) is 5.24. The van der Waals surface area contributed by atoms with Crippen LogP contribution in [0.4, 0.5) is 5.69 Å². The number of hydrogen-bond acceptors (Lipinski definition) is 4. The minimum Gasteiger partial charge on any atom is -0.379 e. The van der Waals surface area contributed by atoms with Crippen molar-refractivity contribution >= 4 is 17.3 Å². The van der Waals surface area contributed by atoms with Gasteiger partial charge in [-0.15, -0.1) is 0 Å². The van der Waals surface area contributed by atoms with Crippen LogP contribution in [0.5, 0.6) is 0 Å². The van der Waals surface area contributed by atoms with Gasteiger partial charge in [0.25, 0.3) is 5.56 Å². The molecule has 0 amide bonds. The number of halogens is 1. The lowest BCUT2D eigenvalue weighted by atomic mass is 9.58. The van der Waals surface area contributed by atoms with Gasteiger partial charge < -0.3 is 10.1 Å². The lowest BCUT2D eigenvalue weighted by molar-refractivity contribution is -0.121. The van der Waals surface area contributed by atoms with E-state index in [1.54, 1.807) is 13.2 Å². The van der Waals surface area contributed by atoms with Crippen molar-refractivity contribution in [3.63, 3.8) is 0 Å². The number of anilines is 1. The number of aromatic nitrogens is 2. The summed E-state index contributed by atoms with van der Waals surface area (Å²) in [6, 6.07) is 0.260. The fraction of sp³-hybridized carbons (Fsp3) is 0.733. The van der Waals surface area contributed by atoms with Crippen molar-refractivity contribution in [3.8, 4) is 0 Å². The lowest BCUT2D eigenvalue weighted by Crippen LogP contribution is -2.61. The molecule has 0 spiro atoms. The zero-order chi connectivity index (χ0) is 15.6. The minimum absolute atomic E-state index is 0.0976. The molecule has 0 unspecified atom stereocenters. The molecule has 0 bridgehead atoms. The fourth-order valence-corrected chi connectivity index (χ4v) is 3.61. The van der Waals surface area contributed by atoms with Gasteiger partial charge in [0.05, 0.1) is 18.0 Å². The number of nitrogens with zero attached hydrogens (tertiary/aromatic N) is 2. The third kappa shape index (κ3) is 2.69. The first kappa shape index (κ1) is 16.3. The van der Waals surface area contributed by atoms with Gasteiger partial charge in [0.1, 0.15) is 5.02 Å². The van der Waals surface area contributed by atoms with Crippen LogP contribution in [0.2, 0.25) is 5.02 Å². The molecule has 0 aliphatic heterocycles. The fourth-order valence-electron chi connectivity index (χ4n) is 3.38. The van der Waals surface area contributed by atoms with Crippen molar-refractivity contribution in [3.05, 3.63) is 21.6 Å². The van der Waals surface area contributed by atoms with Gasteiger partial charge in [-0.1, -0.05) is 25.4 Å². The van der Waals surface area contributed by atoms with E-state index in [1.165, 1.54) is 4.68 Å². The molecular weight excluding hydrogens is 290 g/mol. The van der Waals surface area contributed by atoms with Crippen molar-refractivity contribution in [1.82, 2.24) is 9.78 Å². The van der Waals surface area contributed by atoms with Gasteiger partial charge in [0.2, 0.25) is 0 Å². The van der Waals surface area contributed by atoms with Crippen LogP contribution in [0.15, 0.2) is 11.0 Å². The first-order valence-corrected chi connectivity index (χ1v) is 7.97. The topological polar surface area (TPSA) is 56.1 Å². The predicted octanol–water partition coefficient (Wildman–Crippen LogP) is 2.83. The zero-order valence-electron chi connectivity index (χ0n) is 13.1. The predicted molar refractivity (Wildman–Crippen MR) is 84.9 cm³/mol. The Labute approximate surface area is 130 Å². The molecule has 2 rings (SSSR count). The normalized spacial score (nSPS) is 23.7. The number of nitrogens with one attached hydrogen (secondary N) is 1. The van der Waals surface area contributed by atoms with Crippen molar-refractivity contribution in [2.45, 2.75) is 52.2 Å². The number of aryl methyl sites for hydroxylation is 1. The maximum Gasteiger partial charge on any atom is 0.287 e. The average Bonchev–Trinajstić information content (AvgIpc) is 2.47.